The second kappa shape index (κ2) is 8.82. The number of hydrogen-bond acceptors (Lipinski definition) is 0. The number of halogens is 1. The fourth-order valence-electron chi connectivity index (χ4n) is 0. The molecule has 0 unspecified atom stereocenters. The van der Waals surface area contributed by atoms with Crippen molar-refractivity contribution < 1.29 is 44.6 Å². The van der Waals surface area contributed by atoms with Crippen molar-refractivity contribution in [3.05, 3.63) is 7.41 Å². The standard InChI is InChI=1S/C2H3.ClH.Yb/c1-2;;/h1H,2H2;1H;. The van der Waals surface area contributed by atoms with E-state index in [1.807, 2.05) is 0 Å². The molecule has 0 atom stereocenters. The van der Waals surface area contributed by atoms with E-state index < -0.39 is 0 Å². The van der Waals surface area contributed by atoms with Gasteiger partial charge in [0.05, 0.1) is 0 Å². The normalized spacial score (nSPS) is 3.50. The summed E-state index contributed by atoms with van der Waals surface area (Å²) in [6.45, 7) is 3.30. The van der Waals surface area contributed by atoms with Crippen molar-refractivity contribution >= 4 is 12.4 Å². The molecule has 0 spiro atoms. The fraction of sp³-hybridized carbons (Fsp3) is 0. The third-order valence-electron chi connectivity index (χ3n) is 0. The zero-order chi connectivity index (χ0) is 2.71. The van der Waals surface area contributed by atoms with Crippen molar-refractivity contribution in [3.63, 3.8) is 0 Å². The Hall–Kier alpha value is 1.55. The quantitative estimate of drug-likeness (QED) is 0.591. The molecule has 0 aliphatic heterocycles. The molecule has 0 aromatic carbocycles. The van der Waals surface area contributed by atoms with E-state index in [0.717, 1.165) is 0 Å². The van der Waals surface area contributed by atoms with Gasteiger partial charge in [0.1, 0.15) is 0 Å². The predicted molar refractivity (Wildman–Crippen MR) is 17.4 cm³/mol. The van der Waals surface area contributed by atoms with Crippen LogP contribution in [0.4, 0.5) is 0 Å². The van der Waals surface area contributed by atoms with Gasteiger partial charge in [0.25, 0.3) is 0 Å². The zero-order valence-electron chi connectivity index (χ0n) is 1.96. The van der Waals surface area contributed by atoms with E-state index in [1.165, 1.54) is 0 Å². The maximum absolute atomic E-state index is 3.30. The minimum Gasteiger partial charge on any atom is -0.147 e. The van der Waals surface area contributed by atoms with Gasteiger partial charge in [-0.1, -0.05) is 0 Å². The van der Waals surface area contributed by atoms with Crippen LogP contribution in [0.15, 0.2) is 7.41 Å². The molecule has 2 heteroatoms. The van der Waals surface area contributed by atoms with Gasteiger partial charge in [-0.3, -0.25) is 0 Å². The first-order valence-electron chi connectivity index (χ1n) is 0.563. The molecule has 0 aliphatic rings. The molecule has 0 fully saturated rings. The van der Waals surface area contributed by atoms with Gasteiger partial charge in [0, 0.05) is 0 Å². The molecule has 0 saturated carbocycles. The van der Waals surface area contributed by atoms with Gasteiger partial charge in [-0.25, -0.2) is 0 Å². The second-order valence-corrected chi connectivity index (χ2v) is 0.809. The minimum atomic E-state index is 0. The molecular weight excluding hydrogens is 233 g/mol. The first-order valence-corrected chi connectivity index (χ1v) is 1.55. The molecule has 0 heterocycles. The fourth-order valence-corrected chi connectivity index (χ4v) is 0. The molecule has 0 bridgehead atoms. The van der Waals surface area contributed by atoms with Crippen molar-refractivity contribution in [1.82, 2.24) is 0 Å². The zero-order valence-corrected chi connectivity index (χ0v) is 4.49. The third kappa shape index (κ3) is 9.61. The molecule has 0 N–H and O–H groups in total. The molecule has 0 nitrogen and oxygen atoms in total. The van der Waals surface area contributed by atoms with Gasteiger partial charge in [-0.05, 0) is 0 Å². The average molecular weight is 237 g/mol. The molecule has 0 saturated heterocycles. The van der Waals surface area contributed by atoms with Crippen molar-refractivity contribution in [3.8, 4) is 0 Å². The molecule has 33 valence electrons. The van der Waals surface area contributed by atoms with E-state index in [-0.39, 0.29) is 12.4 Å². The van der Waals surface area contributed by atoms with E-state index in [0.29, 0.717) is 0 Å². The van der Waals surface area contributed by atoms with Gasteiger partial charge >= 0.3 is 52.1 Å². The summed E-state index contributed by atoms with van der Waals surface area (Å²) in [6.07, 6.45) is 0. The topological polar surface area (TPSA) is 0 Å². The Bertz CT molecular complexity index is 13.5. The van der Waals surface area contributed by atoms with E-state index >= 15 is 0 Å². The minimum absolute atomic E-state index is 0. The first-order chi connectivity index (χ1) is 1.41. The van der Waals surface area contributed by atoms with Crippen LogP contribution in [0.1, 0.15) is 0 Å². The van der Waals surface area contributed by atoms with Gasteiger partial charge in [-0.2, -0.15) is 0 Å². The Morgan fingerprint density at radius 3 is 1.75 bits per heavy atom. The summed E-state index contributed by atoms with van der Waals surface area (Å²) in [7, 11) is 0. The Kier molecular flexibility index (Phi) is 20.1. The summed E-state index contributed by atoms with van der Waals surface area (Å²) in [6, 6.07) is 0. The van der Waals surface area contributed by atoms with Crippen molar-refractivity contribution in [2.24, 2.45) is 0 Å². The van der Waals surface area contributed by atoms with Gasteiger partial charge in [0.15, 0.2) is 0 Å². The van der Waals surface area contributed by atoms with Crippen LogP contribution in [-0.4, -0.2) is 0 Å². The third-order valence-corrected chi connectivity index (χ3v) is 0. The van der Waals surface area contributed by atoms with Crippen LogP contribution in [0.5, 0.6) is 0 Å². The number of hydrogen-bond donors (Lipinski definition) is 0. The summed E-state index contributed by atoms with van der Waals surface area (Å²) in [5.41, 5.74) is 0. The summed E-state index contributed by atoms with van der Waals surface area (Å²) in [5.74, 6) is 0. The molecule has 4 heavy (non-hydrogen) atoms. The van der Waals surface area contributed by atoms with Crippen molar-refractivity contribution in [1.29, 1.82) is 0 Å². The Labute approximate surface area is 63.3 Å². The monoisotopic (exact) mass is 237 g/mol. The Balaban J connectivity index is 0. The maximum atomic E-state index is 3.30. The number of rotatable bonds is 0. The van der Waals surface area contributed by atoms with Crippen molar-refractivity contribution in [2.75, 3.05) is 0 Å². The molecule has 0 rings (SSSR count). The van der Waals surface area contributed by atoms with Crippen LogP contribution in [0.3, 0.4) is 0 Å². The summed E-state index contributed by atoms with van der Waals surface area (Å²) in [4.78, 5) is 0. The van der Waals surface area contributed by atoms with Crippen LogP contribution >= 0.6 is 12.4 Å². The second-order valence-electron chi connectivity index (χ2n) is 0.109. The smallest absolute Gasteiger partial charge is 0.147 e. The summed E-state index contributed by atoms with van der Waals surface area (Å²) >= 11 is 2.65. The molecule has 0 aromatic rings. The van der Waals surface area contributed by atoms with E-state index in [9.17, 15) is 0 Å². The van der Waals surface area contributed by atoms with Gasteiger partial charge < -0.3 is 0 Å². The Morgan fingerprint density at radius 1 is 1.75 bits per heavy atom. The van der Waals surface area contributed by atoms with Crippen LogP contribution in [0.2, 0.25) is 0 Å². The first kappa shape index (κ1) is 9.12. The summed E-state index contributed by atoms with van der Waals surface area (Å²) < 4.78 is 1.61. The maximum Gasteiger partial charge on any atom is -0.147 e. The predicted octanol–water partition coefficient (Wildman–Crippen LogP) is 1.10. The summed E-state index contributed by atoms with van der Waals surface area (Å²) in [5, 5.41) is 0. The Morgan fingerprint density at radius 2 is 1.75 bits per heavy atom. The van der Waals surface area contributed by atoms with Crippen LogP contribution in [0, 0.1) is 44.6 Å². The van der Waals surface area contributed by atoms with Crippen LogP contribution in [0.25, 0.3) is 0 Å². The van der Waals surface area contributed by atoms with E-state index in [2.05, 4.69) is 51.2 Å². The van der Waals surface area contributed by atoms with E-state index in [1.54, 1.807) is 0.834 Å². The van der Waals surface area contributed by atoms with Gasteiger partial charge in [-0.15, -0.1) is 12.4 Å². The molecule has 0 aliphatic carbocycles. The average Bonchev–Trinajstić information content (AvgIpc) is 0.918. The van der Waals surface area contributed by atoms with E-state index in [4.69, 9.17) is 0 Å². The van der Waals surface area contributed by atoms with Gasteiger partial charge in [0.2, 0.25) is 0 Å². The van der Waals surface area contributed by atoms with Crippen LogP contribution in [-0.2, 0) is 0 Å². The SMILES string of the molecule is C=[CH][Yb].Cl. The van der Waals surface area contributed by atoms with Crippen LogP contribution < -0.4 is 0 Å². The van der Waals surface area contributed by atoms with Crippen molar-refractivity contribution in [2.45, 2.75) is 0 Å². The molecule has 0 aromatic heterocycles. The molecule has 0 radical (unpaired) electrons. The largest absolute Gasteiger partial charge is 0.147 e. The molecular formula is C2H4ClYb. The molecule has 0 amide bonds.